The molecule has 1 N–H and O–H groups in total. The maximum Gasteiger partial charge on any atom is 0.158 e. The predicted octanol–water partition coefficient (Wildman–Crippen LogP) is 3.83. The number of hydrogen-bond donors (Lipinski definition) is 1. The molecule has 1 unspecified atom stereocenters. The Labute approximate surface area is 129 Å². The molecule has 112 valence electrons. The van der Waals surface area contributed by atoms with Crippen molar-refractivity contribution < 1.29 is 4.39 Å². The highest BCUT2D eigenvalue weighted by molar-refractivity contribution is 5.38. The van der Waals surface area contributed by atoms with Crippen molar-refractivity contribution in [2.45, 2.75) is 31.7 Å². The van der Waals surface area contributed by atoms with Crippen LogP contribution in [0.5, 0.6) is 0 Å². The fourth-order valence-electron chi connectivity index (χ4n) is 3.08. The molecule has 1 atom stereocenters. The molecule has 4 nitrogen and oxygen atoms in total. The number of hydrogen-bond acceptors (Lipinski definition) is 4. The molecule has 0 aliphatic heterocycles. The van der Waals surface area contributed by atoms with E-state index in [-0.39, 0.29) is 17.6 Å². The molecule has 1 heterocycles. The topological polar surface area (TPSA) is 61.6 Å². The highest BCUT2D eigenvalue weighted by atomic mass is 19.1. The second kappa shape index (κ2) is 6.52. The second-order valence-electron chi connectivity index (χ2n) is 5.62. The third-order valence-corrected chi connectivity index (χ3v) is 4.15. The van der Waals surface area contributed by atoms with Gasteiger partial charge in [-0.2, -0.15) is 5.26 Å². The van der Waals surface area contributed by atoms with E-state index in [1.165, 1.54) is 25.1 Å². The van der Waals surface area contributed by atoms with E-state index in [4.69, 9.17) is 5.26 Å². The molecule has 0 radical (unpaired) electrons. The molecule has 1 aromatic carbocycles. The zero-order valence-corrected chi connectivity index (χ0v) is 12.2. The molecule has 3 rings (SSSR count). The van der Waals surface area contributed by atoms with E-state index in [0.717, 1.165) is 18.4 Å². The summed E-state index contributed by atoms with van der Waals surface area (Å²) < 4.78 is 13.6. The third-order valence-electron chi connectivity index (χ3n) is 4.15. The first-order chi connectivity index (χ1) is 10.8. The Morgan fingerprint density at radius 2 is 2.05 bits per heavy atom. The average molecular weight is 296 g/mol. The van der Waals surface area contributed by atoms with E-state index in [1.807, 2.05) is 12.1 Å². The molecule has 0 amide bonds. The zero-order valence-electron chi connectivity index (χ0n) is 12.2. The van der Waals surface area contributed by atoms with Crippen LogP contribution in [0.15, 0.2) is 36.7 Å². The van der Waals surface area contributed by atoms with Gasteiger partial charge in [0.1, 0.15) is 17.7 Å². The van der Waals surface area contributed by atoms with Crippen LogP contribution in [0.3, 0.4) is 0 Å². The van der Waals surface area contributed by atoms with Crippen LogP contribution in [0.2, 0.25) is 0 Å². The van der Waals surface area contributed by atoms with E-state index < -0.39 is 0 Å². The van der Waals surface area contributed by atoms with E-state index in [1.54, 1.807) is 18.3 Å². The van der Waals surface area contributed by atoms with Crippen LogP contribution in [-0.4, -0.2) is 9.97 Å². The van der Waals surface area contributed by atoms with E-state index in [9.17, 15) is 4.39 Å². The molecular weight excluding hydrogens is 279 g/mol. The Bertz CT molecular complexity index is 672. The summed E-state index contributed by atoms with van der Waals surface area (Å²) in [6.07, 6.45) is 7.66. The summed E-state index contributed by atoms with van der Waals surface area (Å²) in [4.78, 5) is 8.25. The molecule has 0 spiro atoms. The summed E-state index contributed by atoms with van der Waals surface area (Å²) in [5.74, 6) is 0.840. The number of rotatable bonds is 4. The second-order valence-corrected chi connectivity index (χ2v) is 5.62. The monoisotopic (exact) mass is 296 g/mol. The molecule has 22 heavy (non-hydrogen) atoms. The van der Waals surface area contributed by atoms with Gasteiger partial charge in [-0.15, -0.1) is 0 Å². The lowest BCUT2D eigenvalue weighted by Gasteiger charge is -2.25. The largest absolute Gasteiger partial charge is 0.362 e. The fraction of sp³-hybridized carbons (Fsp3) is 0.353. The molecule has 1 fully saturated rings. The van der Waals surface area contributed by atoms with Gasteiger partial charge < -0.3 is 5.32 Å². The molecule has 1 saturated carbocycles. The van der Waals surface area contributed by atoms with Crippen LogP contribution in [-0.2, 0) is 0 Å². The Balaban J connectivity index is 1.86. The molecule has 5 heteroatoms. The molecule has 1 aromatic heterocycles. The summed E-state index contributed by atoms with van der Waals surface area (Å²) in [5, 5.41) is 12.1. The van der Waals surface area contributed by atoms with Crippen molar-refractivity contribution in [2.75, 3.05) is 5.32 Å². The Kier molecular flexibility index (Phi) is 4.29. The molecule has 0 bridgehead atoms. The third kappa shape index (κ3) is 3.22. The summed E-state index contributed by atoms with van der Waals surface area (Å²) in [6, 6.07) is 8.67. The Morgan fingerprint density at radius 1 is 1.23 bits per heavy atom. The van der Waals surface area contributed by atoms with Gasteiger partial charge in [-0.3, -0.25) is 0 Å². The number of nitrogens with one attached hydrogen (secondary N) is 1. The van der Waals surface area contributed by atoms with Crippen LogP contribution < -0.4 is 5.32 Å². The van der Waals surface area contributed by atoms with Gasteiger partial charge in [-0.1, -0.05) is 25.0 Å². The maximum atomic E-state index is 13.6. The van der Waals surface area contributed by atoms with Gasteiger partial charge >= 0.3 is 0 Å². The minimum absolute atomic E-state index is 0.0143. The van der Waals surface area contributed by atoms with Gasteiger partial charge in [0.2, 0.25) is 0 Å². The molecule has 2 aromatic rings. The first-order valence-corrected chi connectivity index (χ1v) is 7.50. The summed E-state index contributed by atoms with van der Waals surface area (Å²) in [7, 11) is 0. The normalized spacial score (nSPS) is 16.2. The minimum atomic E-state index is -0.229. The number of nitriles is 1. The van der Waals surface area contributed by atoms with Gasteiger partial charge in [-0.05, 0) is 36.5 Å². The molecule has 0 saturated heterocycles. The quantitative estimate of drug-likeness (QED) is 0.931. The van der Waals surface area contributed by atoms with Crippen LogP contribution in [0.1, 0.15) is 43.0 Å². The number of anilines is 1. The van der Waals surface area contributed by atoms with Crippen molar-refractivity contribution in [1.82, 2.24) is 9.97 Å². The van der Waals surface area contributed by atoms with Crippen molar-refractivity contribution in [3.05, 3.63) is 53.7 Å². The van der Waals surface area contributed by atoms with Crippen LogP contribution in [0, 0.1) is 23.1 Å². The van der Waals surface area contributed by atoms with E-state index in [0.29, 0.717) is 11.7 Å². The number of nitrogens with zero attached hydrogens (tertiary/aromatic N) is 3. The zero-order chi connectivity index (χ0) is 15.4. The maximum absolute atomic E-state index is 13.6. The number of halogens is 1. The van der Waals surface area contributed by atoms with Crippen molar-refractivity contribution >= 4 is 5.82 Å². The lowest BCUT2D eigenvalue weighted by atomic mass is 9.91. The van der Waals surface area contributed by atoms with Crippen molar-refractivity contribution in [1.29, 1.82) is 5.26 Å². The van der Waals surface area contributed by atoms with Crippen LogP contribution in [0.4, 0.5) is 10.2 Å². The van der Waals surface area contributed by atoms with Crippen molar-refractivity contribution in [2.24, 2.45) is 5.92 Å². The Hall–Kier alpha value is -2.48. The SMILES string of the molecule is N#Cc1cnc(NC(c2cccc(F)c2)C2CCCC2)cn1. The smallest absolute Gasteiger partial charge is 0.158 e. The van der Waals surface area contributed by atoms with Crippen molar-refractivity contribution in [3.63, 3.8) is 0 Å². The highest BCUT2D eigenvalue weighted by Crippen LogP contribution is 2.37. The van der Waals surface area contributed by atoms with Crippen LogP contribution >= 0.6 is 0 Å². The van der Waals surface area contributed by atoms with Gasteiger partial charge in [0.05, 0.1) is 18.4 Å². The lowest BCUT2D eigenvalue weighted by molar-refractivity contribution is 0.467. The predicted molar refractivity (Wildman–Crippen MR) is 81.5 cm³/mol. The average Bonchev–Trinajstić information content (AvgIpc) is 3.07. The summed E-state index contributed by atoms with van der Waals surface area (Å²) in [5.41, 5.74) is 1.21. The number of aromatic nitrogens is 2. The number of benzene rings is 1. The minimum Gasteiger partial charge on any atom is -0.362 e. The van der Waals surface area contributed by atoms with Crippen molar-refractivity contribution in [3.8, 4) is 6.07 Å². The van der Waals surface area contributed by atoms with Gasteiger partial charge in [0.25, 0.3) is 0 Å². The first-order valence-electron chi connectivity index (χ1n) is 7.50. The molecular formula is C17H17FN4. The van der Waals surface area contributed by atoms with E-state index in [2.05, 4.69) is 15.3 Å². The lowest BCUT2D eigenvalue weighted by Crippen LogP contribution is -2.20. The first kappa shape index (κ1) is 14.5. The van der Waals surface area contributed by atoms with E-state index >= 15 is 0 Å². The fourth-order valence-corrected chi connectivity index (χ4v) is 3.08. The standard InChI is InChI=1S/C17H17FN4/c18-14-7-3-6-13(8-14)17(12-4-1-2-5-12)22-16-11-20-15(9-19)10-21-16/h3,6-8,10-12,17H,1-2,4-5H2,(H,21,22). The summed E-state index contributed by atoms with van der Waals surface area (Å²) in [6.45, 7) is 0. The van der Waals surface area contributed by atoms with Gasteiger partial charge in [0.15, 0.2) is 5.69 Å². The van der Waals surface area contributed by atoms with Crippen LogP contribution in [0.25, 0.3) is 0 Å². The molecule has 1 aliphatic carbocycles. The van der Waals surface area contributed by atoms with Gasteiger partial charge in [-0.25, -0.2) is 14.4 Å². The summed E-state index contributed by atoms with van der Waals surface area (Å²) >= 11 is 0. The molecule has 1 aliphatic rings. The Morgan fingerprint density at radius 3 is 2.68 bits per heavy atom. The highest BCUT2D eigenvalue weighted by Gasteiger charge is 2.27. The van der Waals surface area contributed by atoms with Gasteiger partial charge in [0, 0.05) is 0 Å².